The number of esters is 1. The number of amides is 1. The van der Waals surface area contributed by atoms with E-state index < -0.39 is 12.0 Å². The molecule has 1 unspecified atom stereocenters. The van der Waals surface area contributed by atoms with Crippen molar-refractivity contribution in [3.05, 3.63) is 65.7 Å². The molecule has 1 amide bonds. The molecule has 0 heterocycles. The number of benzene rings is 2. The maximum absolute atomic E-state index is 12.9. The van der Waals surface area contributed by atoms with Crippen molar-refractivity contribution in [2.45, 2.75) is 39.7 Å². The van der Waals surface area contributed by atoms with Gasteiger partial charge in [-0.05, 0) is 37.0 Å². The van der Waals surface area contributed by atoms with Crippen molar-refractivity contribution in [1.29, 1.82) is 0 Å². The maximum Gasteiger partial charge on any atom is 0.328 e. The van der Waals surface area contributed by atoms with Crippen LogP contribution in [0.2, 0.25) is 0 Å². The summed E-state index contributed by atoms with van der Waals surface area (Å²) >= 11 is 0. The topological polar surface area (TPSA) is 64.6 Å². The van der Waals surface area contributed by atoms with Crippen molar-refractivity contribution < 1.29 is 19.1 Å². The van der Waals surface area contributed by atoms with Gasteiger partial charge in [-0.1, -0.05) is 56.3 Å². The predicted molar refractivity (Wildman–Crippen MR) is 109 cm³/mol. The summed E-state index contributed by atoms with van der Waals surface area (Å²) in [5, 5.41) is 2.81. The van der Waals surface area contributed by atoms with Gasteiger partial charge in [-0.2, -0.15) is 0 Å². The van der Waals surface area contributed by atoms with Gasteiger partial charge in [0.25, 0.3) is 5.91 Å². The van der Waals surface area contributed by atoms with Gasteiger partial charge in [0.2, 0.25) is 0 Å². The van der Waals surface area contributed by atoms with Crippen molar-refractivity contribution in [2.24, 2.45) is 5.92 Å². The second kappa shape index (κ2) is 11.1. The zero-order valence-corrected chi connectivity index (χ0v) is 16.8. The molecule has 2 rings (SSSR count). The number of carbonyl (C=O) groups is 2. The molecule has 0 radical (unpaired) electrons. The van der Waals surface area contributed by atoms with Gasteiger partial charge < -0.3 is 14.8 Å². The Labute approximate surface area is 167 Å². The highest BCUT2D eigenvalue weighted by Crippen LogP contribution is 2.19. The molecule has 0 aliphatic rings. The third-order valence-corrected chi connectivity index (χ3v) is 4.24. The molecule has 1 N–H and O–H groups in total. The summed E-state index contributed by atoms with van der Waals surface area (Å²) in [6.45, 7) is 6.78. The van der Waals surface area contributed by atoms with Crippen LogP contribution in [0, 0.1) is 5.92 Å². The van der Waals surface area contributed by atoms with E-state index in [0.717, 1.165) is 12.0 Å². The molecule has 2 aromatic rings. The molecule has 28 heavy (non-hydrogen) atoms. The van der Waals surface area contributed by atoms with Crippen LogP contribution in [0.15, 0.2) is 54.6 Å². The molecule has 1 atom stereocenters. The summed E-state index contributed by atoms with van der Waals surface area (Å²) in [6.07, 6.45) is 1.26. The number of para-hydroxylation sites is 1. The lowest BCUT2D eigenvalue weighted by molar-refractivity contribution is -0.145. The van der Waals surface area contributed by atoms with Crippen LogP contribution in [-0.4, -0.2) is 31.1 Å². The summed E-state index contributed by atoms with van der Waals surface area (Å²) in [5.74, 6) is 0.232. The molecule has 150 valence electrons. The molecule has 0 aliphatic heterocycles. The molecule has 5 heteroatoms. The number of carbonyl (C=O) groups excluding carboxylic acids is 2. The van der Waals surface area contributed by atoms with Crippen molar-refractivity contribution >= 4 is 11.9 Å². The average Bonchev–Trinajstić information content (AvgIpc) is 2.68. The SMILES string of the molecule is CCOC(=O)C(Cc1ccccc1)NC(=O)c1ccccc1OCCC(C)C. The predicted octanol–water partition coefficient (Wildman–Crippen LogP) is 4.02. The van der Waals surface area contributed by atoms with Crippen molar-refractivity contribution in [3.63, 3.8) is 0 Å². The van der Waals surface area contributed by atoms with Gasteiger partial charge in [-0.25, -0.2) is 4.79 Å². The summed E-state index contributed by atoms with van der Waals surface area (Å²) in [6, 6.07) is 15.9. The van der Waals surface area contributed by atoms with E-state index in [4.69, 9.17) is 9.47 Å². The Morgan fingerprint density at radius 3 is 2.36 bits per heavy atom. The quantitative estimate of drug-likeness (QED) is 0.630. The van der Waals surface area contributed by atoms with Gasteiger partial charge in [0, 0.05) is 6.42 Å². The fourth-order valence-corrected chi connectivity index (χ4v) is 2.71. The van der Waals surface area contributed by atoms with E-state index in [-0.39, 0.29) is 12.5 Å². The van der Waals surface area contributed by atoms with E-state index in [9.17, 15) is 9.59 Å². The number of nitrogens with one attached hydrogen (secondary N) is 1. The fourth-order valence-electron chi connectivity index (χ4n) is 2.71. The van der Waals surface area contributed by atoms with E-state index in [1.165, 1.54) is 0 Å². The summed E-state index contributed by atoms with van der Waals surface area (Å²) in [4.78, 5) is 25.3. The van der Waals surface area contributed by atoms with Gasteiger partial charge in [-0.15, -0.1) is 0 Å². The molecule has 0 aliphatic carbocycles. The zero-order valence-electron chi connectivity index (χ0n) is 16.8. The van der Waals surface area contributed by atoms with Gasteiger partial charge in [-0.3, -0.25) is 4.79 Å². The fraction of sp³-hybridized carbons (Fsp3) is 0.391. The van der Waals surface area contributed by atoms with Crippen LogP contribution in [0.25, 0.3) is 0 Å². The highest BCUT2D eigenvalue weighted by atomic mass is 16.5. The Balaban J connectivity index is 2.13. The van der Waals surface area contributed by atoms with E-state index >= 15 is 0 Å². The first kappa shape index (κ1) is 21.5. The largest absolute Gasteiger partial charge is 0.493 e. The number of ether oxygens (including phenoxy) is 2. The Morgan fingerprint density at radius 2 is 1.68 bits per heavy atom. The Bertz CT molecular complexity index is 758. The average molecular weight is 383 g/mol. The molecule has 0 aromatic heterocycles. The second-order valence-electron chi connectivity index (χ2n) is 6.99. The van der Waals surface area contributed by atoms with Gasteiger partial charge in [0.15, 0.2) is 0 Å². The minimum atomic E-state index is -0.765. The minimum absolute atomic E-state index is 0.259. The molecular weight excluding hydrogens is 354 g/mol. The van der Waals surface area contributed by atoms with Crippen LogP contribution >= 0.6 is 0 Å². The maximum atomic E-state index is 12.9. The standard InChI is InChI=1S/C23H29NO4/c1-4-27-23(26)20(16-18-10-6-5-7-11-18)24-22(25)19-12-8-9-13-21(19)28-15-14-17(2)3/h5-13,17,20H,4,14-16H2,1-3H3,(H,24,25). The minimum Gasteiger partial charge on any atom is -0.493 e. The first-order valence-corrected chi connectivity index (χ1v) is 9.74. The van der Waals surface area contributed by atoms with Crippen LogP contribution < -0.4 is 10.1 Å². The normalized spacial score (nSPS) is 11.7. The van der Waals surface area contributed by atoms with Crippen LogP contribution in [0.4, 0.5) is 0 Å². The van der Waals surface area contributed by atoms with Crippen LogP contribution in [0.5, 0.6) is 5.75 Å². The third kappa shape index (κ3) is 6.72. The lowest BCUT2D eigenvalue weighted by Gasteiger charge is -2.19. The highest BCUT2D eigenvalue weighted by molar-refractivity contribution is 5.99. The van der Waals surface area contributed by atoms with Gasteiger partial charge in [0.1, 0.15) is 11.8 Å². The molecular formula is C23H29NO4. The lowest BCUT2D eigenvalue weighted by Crippen LogP contribution is -2.43. The zero-order chi connectivity index (χ0) is 20.4. The molecule has 0 saturated heterocycles. The van der Waals surface area contributed by atoms with E-state index in [2.05, 4.69) is 19.2 Å². The molecule has 0 fully saturated rings. The van der Waals surface area contributed by atoms with Crippen LogP contribution in [0.3, 0.4) is 0 Å². The van der Waals surface area contributed by atoms with Crippen LogP contribution in [-0.2, 0) is 16.0 Å². The number of hydrogen-bond donors (Lipinski definition) is 1. The van der Waals surface area contributed by atoms with E-state index in [1.54, 1.807) is 25.1 Å². The molecule has 0 saturated carbocycles. The van der Waals surface area contributed by atoms with Gasteiger partial charge in [0.05, 0.1) is 18.8 Å². The first-order valence-electron chi connectivity index (χ1n) is 9.74. The molecule has 0 spiro atoms. The summed E-state index contributed by atoms with van der Waals surface area (Å²) in [7, 11) is 0. The highest BCUT2D eigenvalue weighted by Gasteiger charge is 2.24. The Hall–Kier alpha value is -2.82. The molecule has 5 nitrogen and oxygen atoms in total. The first-order chi connectivity index (χ1) is 13.5. The van der Waals surface area contributed by atoms with E-state index in [0.29, 0.717) is 30.3 Å². The monoisotopic (exact) mass is 383 g/mol. The Morgan fingerprint density at radius 1 is 1.00 bits per heavy atom. The smallest absolute Gasteiger partial charge is 0.328 e. The van der Waals surface area contributed by atoms with E-state index in [1.807, 2.05) is 36.4 Å². The van der Waals surface area contributed by atoms with Crippen molar-refractivity contribution in [3.8, 4) is 5.75 Å². The number of rotatable bonds is 10. The second-order valence-corrected chi connectivity index (χ2v) is 6.99. The van der Waals surface area contributed by atoms with Gasteiger partial charge >= 0.3 is 5.97 Å². The summed E-state index contributed by atoms with van der Waals surface area (Å²) < 4.78 is 10.9. The molecule has 0 bridgehead atoms. The number of hydrogen-bond acceptors (Lipinski definition) is 4. The van der Waals surface area contributed by atoms with Crippen LogP contribution in [0.1, 0.15) is 43.1 Å². The molecule has 2 aromatic carbocycles. The third-order valence-electron chi connectivity index (χ3n) is 4.24. The van der Waals surface area contributed by atoms with Crippen molar-refractivity contribution in [2.75, 3.05) is 13.2 Å². The lowest BCUT2D eigenvalue weighted by atomic mass is 10.1. The summed E-state index contributed by atoms with van der Waals surface area (Å²) in [5.41, 5.74) is 1.36. The van der Waals surface area contributed by atoms with Crippen molar-refractivity contribution in [1.82, 2.24) is 5.32 Å². The Kier molecular flexibility index (Phi) is 8.53.